The third-order valence-electron chi connectivity index (χ3n) is 5.52. The first-order valence-corrected chi connectivity index (χ1v) is 10.7. The fourth-order valence-electron chi connectivity index (χ4n) is 3.95. The van der Waals surface area contributed by atoms with Crippen LogP contribution in [0, 0.1) is 11.3 Å². The van der Waals surface area contributed by atoms with E-state index in [1.807, 2.05) is 0 Å². The number of carbonyl (C=O) groups excluding carboxylic acids is 3. The van der Waals surface area contributed by atoms with Crippen molar-refractivity contribution < 1.29 is 28.6 Å². The number of ether oxygens (including phenoxy) is 3. The summed E-state index contributed by atoms with van der Waals surface area (Å²) in [5.74, 6) is -2.80. The smallest absolute Gasteiger partial charge is 0.355 e. The first-order valence-electron chi connectivity index (χ1n) is 10.7. The summed E-state index contributed by atoms with van der Waals surface area (Å²) in [6.45, 7) is 3.42. The van der Waals surface area contributed by atoms with E-state index >= 15 is 0 Å². The number of methoxy groups -OCH3 is 2. The van der Waals surface area contributed by atoms with E-state index in [4.69, 9.17) is 19.9 Å². The van der Waals surface area contributed by atoms with Crippen LogP contribution in [0.5, 0.6) is 5.75 Å². The number of benzene rings is 2. The molecule has 1 atom stereocenters. The van der Waals surface area contributed by atoms with Crippen LogP contribution in [0.1, 0.15) is 35.7 Å². The minimum atomic E-state index is -0.995. The van der Waals surface area contributed by atoms with Crippen LogP contribution in [0.25, 0.3) is 0 Å². The SMILES string of the molecule is CCOc1ccc(C(C)=O)cc1N1C(N)=C(C#N)C(c2ccccc2)C(C(=O)OC)=C1C(=O)OC. The molecule has 0 fully saturated rings. The highest BCUT2D eigenvalue weighted by atomic mass is 16.5. The molecule has 1 unspecified atom stereocenters. The molecule has 3 rings (SSSR count). The summed E-state index contributed by atoms with van der Waals surface area (Å²) >= 11 is 0. The van der Waals surface area contributed by atoms with Gasteiger partial charge in [-0.2, -0.15) is 5.26 Å². The molecule has 1 aliphatic heterocycles. The molecule has 2 N–H and O–H groups in total. The summed E-state index contributed by atoms with van der Waals surface area (Å²) in [5.41, 5.74) is 7.21. The number of rotatable bonds is 7. The largest absolute Gasteiger partial charge is 0.492 e. The second-order valence-electron chi connectivity index (χ2n) is 7.51. The van der Waals surface area contributed by atoms with E-state index in [1.165, 1.54) is 25.0 Å². The van der Waals surface area contributed by atoms with E-state index in [9.17, 15) is 19.6 Å². The average molecular weight is 476 g/mol. The summed E-state index contributed by atoms with van der Waals surface area (Å²) in [7, 11) is 2.33. The highest BCUT2D eigenvalue weighted by molar-refractivity contribution is 6.07. The number of ketones is 1. The molecule has 0 bridgehead atoms. The van der Waals surface area contributed by atoms with Gasteiger partial charge in [-0.25, -0.2) is 9.59 Å². The van der Waals surface area contributed by atoms with Gasteiger partial charge in [0.15, 0.2) is 5.78 Å². The zero-order valence-electron chi connectivity index (χ0n) is 19.8. The minimum Gasteiger partial charge on any atom is -0.492 e. The number of allylic oxidation sites excluding steroid dienone is 1. The Balaban J connectivity index is 2.47. The van der Waals surface area contributed by atoms with E-state index < -0.39 is 17.9 Å². The van der Waals surface area contributed by atoms with Crippen LogP contribution in [0.15, 0.2) is 71.2 Å². The molecule has 1 heterocycles. The number of hydrogen-bond donors (Lipinski definition) is 1. The molecule has 35 heavy (non-hydrogen) atoms. The monoisotopic (exact) mass is 475 g/mol. The van der Waals surface area contributed by atoms with Gasteiger partial charge in [0.2, 0.25) is 0 Å². The van der Waals surface area contributed by atoms with Gasteiger partial charge in [-0.05, 0) is 37.6 Å². The molecule has 0 radical (unpaired) electrons. The van der Waals surface area contributed by atoms with Crippen LogP contribution < -0.4 is 15.4 Å². The lowest BCUT2D eigenvalue weighted by Crippen LogP contribution is -2.41. The van der Waals surface area contributed by atoms with Crippen LogP contribution in [-0.2, 0) is 19.1 Å². The minimum absolute atomic E-state index is 0.0138. The van der Waals surface area contributed by atoms with Crippen molar-refractivity contribution in [2.45, 2.75) is 19.8 Å². The van der Waals surface area contributed by atoms with Crippen LogP contribution in [0.4, 0.5) is 5.69 Å². The lowest BCUT2D eigenvalue weighted by atomic mass is 9.81. The zero-order valence-corrected chi connectivity index (χ0v) is 19.8. The Morgan fingerprint density at radius 1 is 1.06 bits per heavy atom. The van der Waals surface area contributed by atoms with Gasteiger partial charge in [-0.1, -0.05) is 30.3 Å². The van der Waals surface area contributed by atoms with Crippen molar-refractivity contribution in [2.75, 3.05) is 25.7 Å². The molecule has 2 aromatic rings. The van der Waals surface area contributed by atoms with Crippen LogP contribution >= 0.6 is 0 Å². The van der Waals surface area contributed by atoms with Crippen molar-refractivity contribution in [3.63, 3.8) is 0 Å². The summed E-state index contributed by atoms with van der Waals surface area (Å²) < 4.78 is 15.8. The quantitative estimate of drug-likeness (QED) is 0.473. The maximum Gasteiger partial charge on any atom is 0.355 e. The predicted octanol–water partition coefficient (Wildman–Crippen LogP) is 3.19. The van der Waals surface area contributed by atoms with E-state index in [2.05, 4.69) is 6.07 Å². The zero-order chi connectivity index (χ0) is 25.7. The van der Waals surface area contributed by atoms with E-state index in [0.717, 1.165) is 7.11 Å². The van der Waals surface area contributed by atoms with Crippen LogP contribution in [0.3, 0.4) is 0 Å². The van der Waals surface area contributed by atoms with Gasteiger partial charge >= 0.3 is 11.9 Å². The van der Waals surface area contributed by atoms with Crippen molar-refractivity contribution >= 4 is 23.4 Å². The molecule has 1 aliphatic rings. The van der Waals surface area contributed by atoms with Gasteiger partial charge < -0.3 is 19.9 Å². The Labute approximate surface area is 203 Å². The van der Waals surface area contributed by atoms with Gasteiger partial charge in [-0.3, -0.25) is 9.69 Å². The van der Waals surface area contributed by atoms with Crippen molar-refractivity contribution in [1.82, 2.24) is 0 Å². The molecule has 0 saturated heterocycles. The van der Waals surface area contributed by atoms with E-state index in [0.29, 0.717) is 11.1 Å². The predicted molar refractivity (Wildman–Crippen MR) is 127 cm³/mol. The number of nitrogens with zero attached hydrogens (tertiary/aromatic N) is 2. The molecule has 0 saturated carbocycles. The standard InChI is InChI=1S/C26H25N3O6/c1-5-35-20-12-11-17(15(2)30)13-19(20)29-23(26(32)34-4)22(25(31)33-3)21(18(14-27)24(29)28)16-9-7-6-8-10-16/h6-13,21H,5,28H2,1-4H3. The average Bonchev–Trinajstić information content (AvgIpc) is 2.87. The van der Waals surface area contributed by atoms with Crippen molar-refractivity contribution in [1.29, 1.82) is 5.26 Å². The Kier molecular flexibility index (Phi) is 7.56. The van der Waals surface area contributed by atoms with Gasteiger partial charge in [0, 0.05) is 5.56 Å². The van der Waals surface area contributed by atoms with Gasteiger partial charge in [-0.15, -0.1) is 0 Å². The van der Waals surface area contributed by atoms with Crippen molar-refractivity contribution in [3.8, 4) is 11.8 Å². The molecule has 0 spiro atoms. The Morgan fingerprint density at radius 3 is 2.26 bits per heavy atom. The molecule has 0 aliphatic carbocycles. The second-order valence-corrected chi connectivity index (χ2v) is 7.51. The summed E-state index contributed by atoms with van der Waals surface area (Å²) in [4.78, 5) is 39.7. The number of hydrogen-bond acceptors (Lipinski definition) is 9. The molecular weight excluding hydrogens is 450 g/mol. The number of esters is 2. The van der Waals surface area contributed by atoms with E-state index in [-0.39, 0.29) is 46.5 Å². The number of anilines is 1. The fraction of sp³-hybridized carbons (Fsp3) is 0.231. The topological polar surface area (TPSA) is 132 Å². The highest BCUT2D eigenvalue weighted by Crippen LogP contribution is 2.45. The Bertz CT molecular complexity index is 1270. The molecule has 0 aromatic heterocycles. The maximum absolute atomic E-state index is 13.2. The molecule has 0 amide bonds. The number of nitrogens with two attached hydrogens (primary N) is 1. The lowest BCUT2D eigenvalue weighted by Gasteiger charge is -2.36. The van der Waals surface area contributed by atoms with Crippen LogP contribution in [0.2, 0.25) is 0 Å². The molecule has 9 heteroatoms. The highest BCUT2D eigenvalue weighted by Gasteiger charge is 2.43. The normalized spacial score (nSPS) is 15.4. The first kappa shape index (κ1) is 25.1. The third-order valence-corrected chi connectivity index (χ3v) is 5.52. The number of carbonyl (C=O) groups is 3. The van der Waals surface area contributed by atoms with Crippen LogP contribution in [-0.4, -0.2) is 38.5 Å². The van der Waals surface area contributed by atoms with Gasteiger partial charge in [0.25, 0.3) is 0 Å². The molecule has 180 valence electrons. The Hall–Kier alpha value is -4.58. The Morgan fingerprint density at radius 2 is 1.71 bits per heavy atom. The van der Waals surface area contributed by atoms with Crippen molar-refractivity contribution in [3.05, 3.63) is 82.3 Å². The van der Waals surface area contributed by atoms with Crippen molar-refractivity contribution in [2.24, 2.45) is 5.73 Å². The summed E-state index contributed by atoms with van der Waals surface area (Å²) in [6.07, 6.45) is 0. The summed E-state index contributed by atoms with van der Waals surface area (Å²) in [5, 5.41) is 10.1. The lowest BCUT2D eigenvalue weighted by molar-refractivity contribution is -0.139. The number of nitriles is 1. The number of Topliss-reactive ketones (excluding diaryl/α,β-unsaturated/α-hetero) is 1. The first-order chi connectivity index (χ1) is 16.8. The second kappa shape index (κ2) is 10.6. The molecule has 9 nitrogen and oxygen atoms in total. The van der Waals surface area contributed by atoms with Gasteiger partial charge in [0.05, 0.1) is 49.6 Å². The maximum atomic E-state index is 13.2. The van der Waals surface area contributed by atoms with Gasteiger partial charge in [0.1, 0.15) is 17.3 Å². The molecule has 2 aromatic carbocycles. The third kappa shape index (κ3) is 4.59. The fourth-order valence-corrected chi connectivity index (χ4v) is 3.95. The summed E-state index contributed by atoms with van der Waals surface area (Å²) in [6, 6.07) is 15.4. The van der Waals surface area contributed by atoms with E-state index in [1.54, 1.807) is 49.4 Å². The molecular formula is C26H25N3O6.